The Labute approximate surface area is 93.0 Å². The molecule has 0 saturated carbocycles. The topological polar surface area (TPSA) is 39.7 Å². The molecule has 0 aromatic rings. The summed E-state index contributed by atoms with van der Waals surface area (Å²) in [5.41, 5.74) is 5.91. The second kappa shape index (κ2) is 7.51. The molecule has 0 bridgehead atoms. The fourth-order valence-electron chi connectivity index (χ4n) is 1.68. The maximum Gasteiger partial charge on any atom is 0.142 e. The fourth-order valence-corrected chi connectivity index (χ4v) is 1.68. The van der Waals surface area contributed by atoms with Crippen molar-refractivity contribution in [2.75, 3.05) is 6.54 Å². The van der Waals surface area contributed by atoms with Crippen LogP contribution in [0.15, 0.2) is 5.10 Å². The Morgan fingerprint density at radius 1 is 1.07 bits per heavy atom. The lowest BCUT2D eigenvalue weighted by Crippen LogP contribution is -2.41. The molecule has 1 aliphatic rings. The van der Waals surface area contributed by atoms with Crippen molar-refractivity contribution in [3.8, 4) is 0 Å². The van der Waals surface area contributed by atoms with Crippen molar-refractivity contribution in [3.63, 3.8) is 0 Å². The molecule has 2 N–H and O–H groups in total. The highest BCUT2D eigenvalue weighted by molar-refractivity contribution is 5.82. The van der Waals surface area contributed by atoms with Crippen LogP contribution in [0.3, 0.4) is 0 Å². The molecule has 15 heavy (non-hydrogen) atoms. The predicted octanol–water partition coefficient (Wildman–Crippen LogP) is 2.40. The summed E-state index contributed by atoms with van der Waals surface area (Å²) in [5.74, 6) is 1.16. The van der Waals surface area contributed by atoms with Crippen LogP contribution in [0.2, 0.25) is 0 Å². The van der Waals surface area contributed by atoms with Crippen molar-refractivity contribution < 1.29 is 0 Å². The molecule has 1 rings (SSSR count). The van der Waals surface area contributed by atoms with Gasteiger partial charge in [-0.25, -0.2) is 5.53 Å². The number of hydrogen-bond acceptors (Lipinski definition) is 4. The summed E-state index contributed by atoms with van der Waals surface area (Å²) in [6, 6.07) is 0. The average molecular weight is 212 g/mol. The van der Waals surface area contributed by atoms with Gasteiger partial charge in [0.15, 0.2) is 0 Å². The van der Waals surface area contributed by atoms with Crippen molar-refractivity contribution in [3.05, 3.63) is 0 Å². The summed E-state index contributed by atoms with van der Waals surface area (Å²) in [5, 5.41) is 6.38. The first-order chi connectivity index (χ1) is 7.38. The second-order valence-electron chi connectivity index (χ2n) is 4.07. The number of nitrogens with one attached hydrogen (secondary N) is 2. The maximum absolute atomic E-state index is 4.24. The van der Waals surface area contributed by atoms with Gasteiger partial charge in [0.25, 0.3) is 0 Å². The van der Waals surface area contributed by atoms with Gasteiger partial charge in [0, 0.05) is 13.0 Å². The Morgan fingerprint density at radius 2 is 1.87 bits per heavy atom. The molecule has 1 heterocycles. The Bertz CT molecular complexity index is 191. The Kier molecular flexibility index (Phi) is 6.16. The first-order valence-electron chi connectivity index (χ1n) is 6.23. The highest BCUT2D eigenvalue weighted by atomic mass is 15.8. The molecule has 0 aromatic carbocycles. The molecule has 0 unspecified atom stereocenters. The first kappa shape index (κ1) is 12.3. The molecule has 88 valence electrons. The second-order valence-corrected chi connectivity index (χ2v) is 4.07. The monoisotopic (exact) mass is 212 g/mol. The Hall–Kier alpha value is -0.770. The molecule has 0 spiro atoms. The number of unbranched alkanes of at least 4 members (excludes halogenated alkanes) is 4. The van der Waals surface area contributed by atoms with Crippen molar-refractivity contribution in [2.45, 2.75) is 58.8 Å². The van der Waals surface area contributed by atoms with Crippen LogP contribution in [-0.2, 0) is 0 Å². The molecule has 0 radical (unpaired) electrons. The largest absolute Gasteiger partial charge is 0.275 e. The van der Waals surface area contributed by atoms with E-state index in [9.17, 15) is 0 Å². The molecule has 0 fully saturated rings. The van der Waals surface area contributed by atoms with Gasteiger partial charge < -0.3 is 0 Å². The van der Waals surface area contributed by atoms with Crippen LogP contribution in [0.5, 0.6) is 0 Å². The molecule has 0 aliphatic carbocycles. The van der Waals surface area contributed by atoms with Crippen LogP contribution < -0.4 is 11.1 Å². The standard InChI is InChI=1S/C11H24N4/c1-3-5-7-8-10-15-11(9-6-4-2)12-13-14-15/h13-14H,3-10H2,1-2H3. The lowest BCUT2D eigenvalue weighted by Gasteiger charge is -2.18. The van der Waals surface area contributed by atoms with E-state index in [1.807, 2.05) is 0 Å². The van der Waals surface area contributed by atoms with Crippen molar-refractivity contribution >= 4 is 5.84 Å². The highest BCUT2D eigenvalue weighted by Crippen LogP contribution is 2.06. The van der Waals surface area contributed by atoms with E-state index in [4.69, 9.17) is 0 Å². The van der Waals surface area contributed by atoms with Gasteiger partial charge in [0.1, 0.15) is 5.84 Å². The van der Waals surface area contributed by atoms with Gasteiger partial charge >= 0.3 is 0 Å². The van der Waals surface area contributed by atoms with Crippen molar-refractivity contribution in [2.24, 2.45) is 5.10 Å². The van der Waals surface area contributed by atoms with E-state index < -0.39 is 0 Å². The fraction of sp³-hybridized carbons (Fsp3) is 0.909. The summed E-state index contributed by atoms with van der Waals surface area (Å²) in [4.78, 5) is 0. The van der Waals surface area contributed by atoms with Gasteiger partial charge in [-0.05, 0) is 12.8 Å². The molecule has 0 atom stereocenters. The van der Waals surface area contributed by atoms with Crippen LogP contribution in [-0.4, -0.2) is 17.4 Å². The van der Waals surface area contributed by atoms with E-state index in [0.29, 0.717) is 0 Å². The summed E-state index contributed by atoms with van der Waals surface area (Å²) in [6.45, 7) is 5.52. The number of hydrazine groups is 2. The Morgan fingerprint density at radius 3 is 2.60 bits per heavy atom. The van der Waals surface area contributed by atoms with Crippen molar-refractivity contribution in [1.82, 2.24) is 16.1 Å². The third-order valence-electron chi connectivity index (χ3n) is 2.67. The van der Waals surface area contributed by atoms with Crippen LogP contribution in [0.1, 0.15) is 58.8 Å². The van der Waals surface area contributed by atoms with Crippen molar-refractivity contribution in [1.29, 1.82) is 0 Å². The number of nitrogens with zero attached hydrogens (tertiary/aromatic N) is 2. The van der Waals surface area contributed by atoms with Gasteiger partial charge in [-0.3, -0.25) is 5.01 Å². The van der Waals surface area contributed by atoms with E-state index in [1.54, 1.807) is 0 Å². The average Bonchev–Trinajstić information content (AvgIpc) is 2.69. The molecular formula is C11H24N4. The molecule has 0 amide bonds. The predicted molar refractivity (Wildman–Crippen MR) is 64.1 cm³/mol. The van der Waals surface area contributed by atoms with E-state index >= 15 is 0 Å². The van der Waals surface area contributed by atoms with Crippen LogP contribution >= 0.6 is 0 Å². The molecular weight excluding hydrogens is 188 g/mol. The van der Waals surface area contributed by atoms with Gasteiger partial charge in [0.2, 0.25) is 0 Å². The van der Waals surface area contributed by atoms with E-state index in [2.05, 4.69) is 35.0 Å². The van der Waals surface area contributed by atoms with Gasteiger partial charge in [-0.1, -0.05) is 39.5 Å². The normalized spacial score (nSPS) is 15.3. The first-order valence-corrected chi connectivity index (χ1v) is 6.23. The van der Waals surface area contributed by atoms with Gasteiger partial charge in [-0.2, -0.15) is 0 Å². The third-order valence-corrected chi connectivity index (χ3v) is 2.67. The summed E-state index contributed by atoms with van der Waals surface area (Å²) < 4.78 is 0. The number of hydrogen-bond donors (Lipinski definition) is 2. The lowest BCUT2D eigenvalue weighted by atomic mass is 10.2. The third kappa shape index (κ3) is 4.51. The number of hydrazone groups is 1. The minimum absolute atomic E-state index is 1.07. The van der Waals surface area contributed by atoms with Crippen LogP contribution in [0.25, 0.3) is 0 Å². The van der Waals surface area contributed by atoms with E-state index in [1.165, 1.54) is 38.5 Å². The summed E-state index contributed by atoms with van der Waals surface area (Å²) >= 11 is 0. The Balaban J connectivity index is 2.14. The zero-order chi connectivity index (χ0) is 10.9. The molecule has 0 saturated heterocycles. The summed E-state index contributed by atoms with van der Waals surface area (Å²) in [6.07, 6.45) is 8.70. The molecule has 0 aromatic heterocycles. The van der Waals surface area contributed by atoms with Crippen LogP contribution in [0, 0.1) is 0 Å². The lowest BCUT2D eigenvalue weighted by molar-refractivity contribution is 0.284. The quantitative estimate of drug-likeness (QED) is 0.607. The highest BCUT2D eigenvalue weighted by Gasteiger charge is 2.14. The summed E-state index contributed by atoms with van der Waals surface area (Å²) in [7, 11) is 0. The van der Waals surface area contributed by atoms with E-state index in [0.717, 1.165) is 18.8 Å². The molecule has 4 heteroatoms. The number of rotatable bonds is 8. The van der Waals surface area contributed by atoms with E-state index in [-0.39, 0.29) is 0 Å². The SMILES string of the molecule is CCCCCCN1NNN=C1CCCC. The van der Waals surface area contributed by atoms with Gasteiger partial charge in [0.05, 0.1) is 0 Å². The van der Waals surface area contributed by atoms with Gasteiger partial charge in [-0.15, -0.1) is 10.6 Å². The maximum atomic E-state index is 4.24. The molecule has 1 aliphatic heterocycles. The zero-order valence-electron chi connectivity index (χ0n) is 10.1. The smallest absolute Gasteiger partial charge is 0.142 e. The minimum atomic E-state index is 1.07. The molecule has 4 nitrogen and oxygen atoms in total. The van der Waals surface area contributed by atoms with Crippen LogP contribution in [0.4, 0.5) is 0 Å². The minimum Gasteiger partial charge on any atom is -0.275 e. The number of amidine groups is 1. The zero-order valence-corrected chi connectivity index (χ0v) is 10.1.